The summed E-state index contributed by atoms with van der Waals surface area (Å²) in [4.78, 5) is 47.9. The van der Waals surface area contributed by atoms with Gasteiger partial charge in [0, 0.05) is 70.7 Å². The maximum Gasteiger partial charge on any atom is 0.315 e. The zero-order valence-corrected chi connectivity index (χ0v) is 32.4. The number of ether oxygens (including phenoxy) is 4. The van der Waals surface area contributed by atoms with E-state index in [4.69, 9.17) is 42.1 Å². The average molecular weight is 821 g/mol. The average Bonchev–Trinajstić information content (AvgIpc) is 3.19. The summed E-state index contributed by atoms with van der Waals surface area (Å²) in [7, 11) is 0. The van der Waals surface area contributed by atoms with E-state index in [1.807, 2.05) is 12.1 Å². The smallest absolute Gasteiger partial charge is 0.315 e. The number of morpholine rings is 1. The van der Waals surface area contributed by atoms with Gasteiger partial charge in [0.2, 0.25) is 0 Å². The SMILES string of the molecule is O=C(NCc1ccc(C(=O)NCCCOCCOCCOCCCNc2ccc([N+](=O)[O-])cc2[N+](=O)[O-])cc1)NC[C@@H]1CN(Cc2ccc(Cl)c(Cl)c2)CCO1. The van der Waals surface area contributed by atoms with Crippen molar-refractivity contribution in [2.45, 2.75) is 32.0 Å². The van der Waals surface area contributed by atoms with Gasteiger partial charge in [-0.3, -0.25) is 29.9 Å². The van der Waals surface area contributed by atoms with E-state index in [1.54, 1.807) is 30.3 Å². The number of hydrogen-bond donors (Lipinski definition) is 4. The Morgan fingerprint density at radius 1 is 0.786 bits per heavy atom. The zero-order chi connectivity index (χ0) is 40.1. The third-order valence-electron chi connectivity index (χ3n) is 8.44. The number of nitro groups is 2. The number of halogens is 2. The molecule has 1 heterocycles. The number of anilines is 1. The molecule has 0 spiro atoms. The van der Waals surface area contributed by atoms with Gasteiger partial charge in [-0.2, -0.15) is 0 Å². The summed E-state index contributed by atoms with van der Waals surface area (Å²) in [5.74, 6) is -0.199. The predicted octanol–water partition coefficient (Wildman–Crippen LogP) is 5.18. The lowest BCUT2D eigenvalue weighted by molar-refractivity contribution is -0.393. The maximum absolute atomic E-state index is 12.5. The van der Waals surface area contributed by atoms with Gasteiger partial charge in [-0.25, -0.2) is 4.79 Å². The molecule has 0 unspecified atom stereocenters. The molecule has 17 nitrogen and oxygen atoms in total. The highest BCUT2D eigenvalue weighted by atomic mass is 35.5. The fourth-order valence-corrected chi connectivity index (χ4v) is 5.84. The number of urea groups is 1. The summed E-state index contributed by atoms with van der Waals surface area (Å²) in [6, 6.07) is 15.8. The molecule has 4 N–H and O–H groups in total. The van der Waals surface area contributed by atoms with Crippen molar-refractivity contribution in [3.05, 3.63) is 108 Å². The Balaban J connectivity index is 0.955. The minimum absolute atomic E-state index is 0.140. The maximum atomic E-state index is 12.5. The van der Waals surface area contributed by atoms with Crippen molar-refractivity contribution in [3.8, 4) is 0 Å². The normalized spacial score (nSPS) is 14.2. The number of nitrogens with zero attached hydrogens (tertiary/aromatic N) is 3. The molecule has 19 heteroatoms. The highest BCUT2D eigenvalue weighted by Crippen LogP contribution is 2.29. The first-order valence-corrected chi connectivity index (χ1v) is 18.9. The van der Waals surface area contributed by atoms with E-state index in [-0.39, 0.29) is 35.1 Å². The lowest BCUT2D eigenvalue weighted by Crippen LogP contribution is -2.48. The van der Waals surface area contributed by atoms with Crippen molar-refractivity contribution in [3.63, 3.8) is 0 Å². The van der Waals surface area contributed by atoms with Gasteiger partial charge in [0.25, 0.3) is 17.3 Å². The zero-order valence-electron chi connectivity index (χ0n) is 30.8. The van der Waals surface area contributed by atoms with Gasteiger partial charge in [-0.15, -0.1) is 0 Å². The van der Waals surface area contributed by atoms with E-state index in [0.29, 0.717) is 114 Å². The summed E-state index contributed by atoms with van der Waals surface area (Å²) < 4.78 is 22.4. The number of nitro benzene ring substituents is 2. The van der Waals surface area contributed by atoms with Gasteiger partial charge >= 0.3 is 6.03 Å². The summed E-state index contributed by atoms with van der Waals surface area (Å²) in [6.07, 6.45) is 1.06. The van der Waals surface area contributed by atoms with E-state index < -0.39 is 9.85 Å². The number of hydrogen-bond acceptors (Lipinski definition) is 12. The van der Waals surface area contributed by atoms with Gasteiger partial charge in [0.15, 0.2) is 0 Å². The Morgan fingerprint density at radius 3 is 2.14 bits per heavy atom. The van der Waals surface area contributed by atoms with E-state index >= 15 is 0 Å². The van der Waals surface area contributed by atoms with Crippen LogP contribution < -0.4 is 21.3 Å². The van der Waals surface area contributed by atoms with Crippen LogP contribution in [0.25, 0.3) is 0 Å². The number of non-ortho nitro benzene ring substituents is 1. The number of benzene rings is 3. The largest absolute Gasteiger partial charge is 0.379 e. The summed E-state index contributed by atoms with van der Waals surface area (Å²) in [5.41, 5.74) is 1.93. The quantitative estimate of drug-likeness (QED) is 0.0524. The number of amides is 3. The van der Waals surface area contributed by atoms with Crippen LogP contribution in [0.2, 0.25) is 10.0 Å². The van der Waals surface area contributed by atoms with Crippen LogP contribution in [0, 0.1) is 20.2 Å². The van der Waals surface area contributed by atoms with E-state index in [0.717, 1.165) is 23.7 Å². The first kappa shape index (κ1) is 44.1. The van der Waals surface area contributed by atoms with Crippen LogP contribution in [0.5, 0.6) is 0 Å². The molecule has 0 aliphatic carbocycles. The standard InChI is InChI=1S/C37H47Cl2N7O10/c38-32-9-5-28(21-33(32)39)25-44-13-16-56-31(26-44)24-43-37(48)42-23-27-3-6-29(7-4-27)36(47)41-12-2-15-54-18-20-55-19-17-53-14-1-11-40-34-10-8-30(45(49)50)22-35(34)46(51)52/h3-10,21-22,31,40H,1-2,11-20,23-26H2,(H,41,47)(H2,42,43,48)/t31-/m1/s1. The third kappa shape index (κ3) is 15.9. The van der Waals surface area contributed by atoms with Gasteiger partial charge in [-0.05, 0) is 54.3 Å². The van der Waals surface area contributed by atoms with Crippen LogP contribution >= 0.6 is 23.2 Å². The van der Waals surface area contributed by atoms with E-state index in [2.05, 4.69) is 26.2 Å². The fourth-order valence-electron chi connectivity index (χ4n) is 5.52. The molecule has 56 heavy (non-hydrogen) atoms. The second-order valence-electron chi connectivity index (χ2n) is 12.7. The molecule has 1 aliphatic heterocycles. The van der Waals surface area contributed by atoms with Gasteiger partial charge < -0.3 is 40.2 Å². The number of carbonyl (C=O) groups excluding carboxylic acids is 2. The predicted molar refractivity (Wildman–Crippen MR) is 210 cm³/mol. The van der Waals surface area contributed by atoms with Crippen LogP contribution in [0.3, 0.4) is 0 Å². The summed E-state index contributed by atoms with van der Waals surface area (Å²) in [6.45, 7) is 6.63. The van der Waals surface area contributed by atoms with Crippen molar-refractivity contribution in [1.82, 2.24) is 20.9 Å². The second kappa shape index (κ2) is 24.1. The van der Waals surface area contributed by atoms with Crippen LogP contribution in [0.1, 0.15) is 34.3 Å². The second-order valence-corrected chi connectivity index (χ2v) is 13.5. The minimum Gasteiger partial charge on any atom is -0.379 e. The fraction of sp³-hybridized carbons (Fsp3) is 0.459. The molecule has 1 atom stereocenters. The van der Waals surface area contributed by atoms with Gasteiger partial charge in [0.1, 0.15) is 5.69 Å². The lowest BCUT2D eigenvalue weighted by Gasteiger charge is -2.33. The Labute approximate surface area is 334 Å². The van der Waals surface area contributed by atoms with Crippen LogP contribution in [0.4, 0.5) is 21.9 Å². The number of rotatable bonds is 24. The number of nitrogens with one attached hydrogen (secondary N) is 4. The Bertz CT molecular complexity index is 1740. The summed E-state index contributed by atoms with van der Waals surface area (Å²) >= 11 is 12.2. The summed E-state index contributed by atoms with van der Waals surface area (Å²) in [5, 5.41) is 34.6. The molecule has 1 saturated heterocycles. The molecular weight excluding hydrogens is 773 g/mol. The molecule has 1 aliphatic rings. The molecule has 4 rings (SSSR count). The van der Waals surface area contributed by atoms with Crippen molar-refractivity contribution in [2.75, 3.05) is 84.3 Å². The van der Waals surface area contributed by atoms with Crippen molar-refractivity contribution in [2.24, 2.45) is 0 Å². The molecular formula is C37H47Cl2N7O10. The first-order valence-electron chi connectivity index (χ1n) is 18.2. The highest BCUT2D eigenvalue weighted by molar-refractivity contribution is 6.42. The topological polar surface area (TPSA) is 209 Å². The van der Waals surface area contributed by atoms with Crippen molar-refractivity contribution in [1.29, 1.82) is 0 Å². The Kier molecular flexibility index (Phi) is 19.0. The monoisotopic (exact) mass is 819 g/mol. The van der Waals surface area contributed by atoms with E-state index in [1.165, 1.54) is 12.1 Å². The molecule has 3 aromatic rings. The van der Waals surface area contributed by atoms with Crippen LogP contribution in [-0.4, -0.2) is 112 Å². The molecule has 0 aromatic heterocycles. The van der Waals surface area contributed by atoms with E-state index in [9.17, 15) is 29.8 Å². The molecule has 304 valence electrons. The van der Waals surface area contributed by atoms with Crippen molar-refractivity contribution >= 4 is 52.2 Å². The third-order valence-corrected chi connectivity index (χ3v) is 9.18. The lowest BCUT2D eigenvalue weighted by atomic mass is 10.1. The van der Waals surface area contributed by atoms with Gasteiger partial charge in [0.05, 0.1) is 65.1 Å². The Morgan fingerprint density at radius 2 is 1.46 bits per heavy atom. The molecule has 3 aromatic carbocycles. The highest BCUT2D eigenvalue weighted by Gasteiger charge is 2.22. The molecule has 1 fully saturated rings. The van der Waals surface area contributed by atoms with Crippen LogP contribution in [-0.2, 0) is 32.0 Å². The minimum atomic E-state index is -0.679. The van der Waals surface area contributed by atoms with Crippen molar-refractivity contribution < 1.29 is 38.4 Å². The van der Waals surface area contributed by atoms with Gasteiger partial charge in [-0.1, -0.05) is 41.4 Å². The molecule has 3 amide bonds. The number of carbonyl (C=O) groups is 2. The molecule has 0 saturated carbocycles. The van der Waals surface area contributed by atoms with Crippen LogP contribution in [0.15, 0.2) is 60.7 Å². The Hall–Kier alpha value is -4.62. The molecule has 0 bridgehead atoms. The first-order chi connectivity index (χ1) is 27.1. The molecule has 0 radical (unpaired) electrons.